The van der Waals surface area contributed by atoms with E-state index in [4.69, 9.17) is 0 Å². The zero-order valence-electron chi connectivity index (χ0n) is 10.8. The van der Waals surface area contributed by atoms with Crippen LogP contribution in [-0.4, -0.2) is 0 Å². The Bertz CT molecular complexity index is 395. The lowest BCUT2D eigenvalue weighted by atomic mass is 9.97. The summed E-state index contributed by atoms with van der Waals surface area (Å²) in [6, 6.07) is 10.8. The molecule has 0 radical (unpaired) electrons. The third-order valence-corrected chi connectivity index (χ3v) is 3.43. The average molecular weight is 226 g/mol. The summed E-state index contributed by atoms with van der Waals surface area (Å²) in [7, 11) is 0. The average Bonchev–Trinajstić information content (AvgIpc) is 2.79. The van der Waals surface area contributed by atoms with Gasteiger partial charge in [0.15, 0.2) is 0 Å². The Labute approximate surface area is 105 Å². The van der Waals surface area contributed by atoms with Crippen LogP contribution in [0.4, 0.5) is 0 Å². The first-order chi connectivity index (χ1) is 8.40. The van der Waals surface area contributed by atoms with Crippen molar-refractivity contribution in [2.75, 3.05) is 0 Å². The molecule has 0 heterocycles. The van der Waals surface area contributed by atoms with Crippen molar-refractivity contribution in [1.82, 2.24) is 0 Å². The fourth-order valence-corrected chi connectivity index (χ4v) is 2.44. The van der Waals surface area contributed by atoms with Gasteiger partial charge in [-0.15, -0.1) is 0 Å². The molecule has 0 unspecified atom stereocenters. The Hall–Kier alpha value is -1.30. The van der Waals surface area contributed by atoms with Gasteiger partial charge in [0, 0.05) is 0 Å². The van der Waals surface area contributed by atoms with Crippen LogP contribution in [0.2, 0.25) is 0 Å². The standard InChI is InChI=1S/C17H22/c1-2-3-5-11-16-12-8-13-17(16)14-15-9-6-4-7-10-15/h4,6-7,9-10,12-13H,2-3,5,8,11,14H2,1H3. The number of hydrogen-bond acceptors (Lipinski definition) is 0. The molecule has 1 aliphatic rings. The van der Waals surface area contributed by atoms with Crippen LogP contribution in [0.25, 0.3) is 0 Å². The van der Waals surface area contributed by atoms with Gasteiger partial charge < -0.3 is 0 Å². The molecule has 0 aliphatic heterocycles. The number of allylic oxidation sites excluding steroid dienone is 4. The third kappa shape index (κ3) is 3.59. The molecule has 0 bridgehead atoms. The van der Waals surface area contributed by atoms with E-state index in [9.17, 15) is 0 Å². The molecule has 0 amide bonds. The van der Waals surface area contributed by atoms with E-state index in [-0.39, 0.29) is 0 Å². The van der Waals surface area contributed by atoms with E-state index in [1.54, 1.807) is 11.1 Å². The zero-order valence-corrected chi connectivity index (χ0v) is 10.8. The Morgan fingerprint density at radius 1 is 0.941 bits per heavy atom. The summed E-state index contributed by atoms with van der Waals surface area (Å²) in [4.78, 5) is 0. The zero-order chi connectivity index (χ0) is 11.9. The number of rotatable bonds is 6. The molecule has 1 aromatic rings. The van der Waals surface area contributed by atoms with Crippen molar-refractivity contribution < 1.29 is 0 Å². The van der Waals surface area contributed by atoms with Crippen molar-refractivity contribution in [3.05, 3.63) is 59.2 Å². The lowest BCUT2D eigenvalue weighted by Gasteiger charge is -2.09. The van der Waals surface area contributed by atoms with Gasteiger partial charge in [-0.05, 0) is 42.4 Å². The predicted octanol–water partition coefficient (Wildman–Crippen LogP) is 5.07. The molecule has 1 aliphatic carbocycles. The molecule has 1 aromatic carbocycles. The van der Waals surface area contributed by atoms with E-state index in [0.29, 0.717) is 0 Å². The van der Waals surface area contributed by atoms with Crippen molar-refractivity contribution >= 4 is 0 Å². The van der Waals surface area contributed by atoms with Gasteiger partial charge in [-0.1, -0.05) is 62.2 Å². The maximum atomic E-state index is 2.41. The van der Waals surface area contributed by atoms with Crippen LogP contribution in [0.1, 0.15) is 44.6 Å². The fourth-order valence-electron chi connectivity index (χ4n) is 2.44. The molecule has 2 rings (SSSR count). The minimum atomic E-state index is 1.11. The normalized spacial score (nSPS) is 14.6. The first-order valence-electron chi connectivity index (χ1n) is 6.82. The summed E-state index contributed by atoms with van der Waals surface area (Å²) in [5.74, 6) is 0. The first kappa shape index (κ1) is 12.2. The van der Waals surface area contributed by atoms with E-state index in [1.165, 1.54) is 31.2 Å². The molecule has 17 heavy (non-hydrogen) atoms. The van der Waals surface area contributed by atoms with Gasteiger partial charge in [-0.2, -0.15) is 0 Å². The largest absolute Gasteiger partial charge is 0.0772 e. The van der Waals surface area contributed by atoms with Crippen LogP contribution in [0.5, 0.6) is 0 Å². The van der Waals surface area contributed by atoms with Crippen molar-refractivity contribution in [1.29, 1.82) is 0 Å². The van der Waals surface area contributed by atoms with Crippen LogP contribution < -0.4 is 0 Å². The number of benzene rings is 1. The second-order valence-corrected chi connectivity index (χ2v) is 4.81. The molecular weight excluding hydrogens is 204 g/mol. The molecule has 0 aromatic heterocycles. The number of unbranched alkanes of at least 4 members (excludes halogenated alkanes) is 2. The van der Waals surface area contributed by atoms with Crippen LogP contribution in [-0.2, 0) is 6.42 Å². The Balaban J connectivity index is 1.91. The van der Waals surface area contributed by atoms with Crippen molar-refractivity contribution in [3.63, 3.8) is 0 Å². The van der Waals surface area contributed by atoms with Gasteiger partial charge in [0.05, 0.1) is 0 Å². The van der Waals surface area contributed by atoms with E-state index in [2.05, 4.69) is 49.4 Å². The molecule has 0 saturated carbocycles. The van der Waals surface area contributed by atoms with Gasteiger partial charge in [-0.25, -0.2) is 0 Å². The molecule has 0 saturated heterocycles. The van der Waals surface area contributed by atoms with E-state index < -0.39 is 0 Å². The van der Waals surface area contributed by atoms with Gasteiger partial charge in [0.25, 0.3) is 0 Å². The maximum Gasteiger partial charge on any atom is -0.00262 e. The third-order valence-electron chi connectivity index (χ3n) is 3.43. The maximum absolute atomic E-state index is 2.41. The molecule has 0 N–H and O–H groups in total. The lowest BCUT2D eigenvalue weighted by molar-refractivity contribution is 0.715. The predicted molar refractivity (Wildman–Crippen MR) is 75.1 cm³/mol. The van der Waals surface area contributed by atoms with Gasteiger partial charge in [0.2, 0.25) is 0 Å². The van der Waals surface area contributed by atoms with E-state index in [1.807, 2.05) is 0 Å². The molecule has 0 nitrogen and oxygen atoms in total. The van der Waals surface area contributed by atoms with Crippen LogP contribution in [0, 0.1) is 0 Å². The minimum Gasteiger partial charge on any atom is -0.0772 e. The van der Waals surface area contributed by atoms with Gasteiger partial charge in [-0.3, -0.25) is 0 Å². The van der Waals surface area contributed by atoms with Crippen molar-refractivity contribution in [2.45, 2.75) is 45.4 Å². The molecule has 90 valence electrons. The highest BCUT2D eigenvalue weighted by atomic mass is 14.1. The Kier molecular flexibility index (Phi) is 4.61. The molecule has 0 fully saturated rings. The number of hydrogen-bond donors (Lipinski definition) is 0. The first-order valence-corrected chi connectivity index (χ1v) is 6.82. The van der Waals surface area contributed by atoms with Crippen LogP contribution >= 0.6 is 0 Å². The van der Waals surface area contributed by atoms with E-state index in [0.717, 1.165) is 12.8 Å². The second-order valence-electron chi connectivity index (χ2n) is 4.81. The van der Waals surface area contributed by atoms with Crippen molar-refractivity contribution in [2.24, 2.45) is 0 Å². The summed E-state index contributed by atoms with van der Waals surface area (Å²) in [5, 5.41) is 0. The van der Waals surface area contributed by atoms with Crippen LogP contribution in [0.3, 0.4) is 0 Å². The monoisotopic (exact) mass is 226 g/mol. The lowest BCUT2D eigenvalue weighted by Crippen LogP contribution is -1.93. The second kappa shape index (κ2) is 6.44. The highest BCUT2D eigenvalue weighted by Crippen LogP contribution is 2.27. The Morgan fingerprint density at radius 2 is 1.71 bits per heavy atom. The van der Waals surface area contributed by atoms with Crippen LogP contribution in [0.15, 0.2) is 53.6 Å². The molecule has 0 heteroatoms. The van der Waals surface area contributed by atoms with Gasteiger partial charge >= 0.3 is 0 Å². The summed E-state index contributed by atoms with van der Waals surface area (Å²) in [5.41, 5.74) is 4.59. The smallest absolute Gasteiger partial charge is 0.00262 e. The summed E-state index contributed by atoms with van der Waals surface area (Å²) in [6.07, 6.45) is 12.3. The molecular formula is C17H22. The quantitative estimate of drug-likeness (QED) is 0.594. The topological polar surface area (TPSA) is 0 Å². The minimum absolute atomic E-state index is 1.11. The molecule has 0 atom stereocenters. The SMILES string of the molecule is CCCCCC1=CCC=C1Cc1ccccc1. The Morgan fingerprint density at radius 3 is 2.47 bits per heavy atom. The summed E-state index contributed by atoms with van der Waals surface area (Å²) in [6.45, 7) is 2.27. The van der Waals surface area contributed by atoms with Crippen molar-refractivity contribution in [3.8, 4) is 0 Å². The summed E-state index contributed by atoms with van der Waals surface area (Å²) >= 11 is 0. The van der Waals surface area contributed by atoms with E-state index >= 15 is 0 Å². The summed E-state index contributed by atoms with van der Waals surface area (Å²) < 4.78 is 0. The van der Waals surface area contributed by atoms with Gasteiger partial charge in [0.1, 0.15) is 0 Å². The fraction of sp³-hybridized carbons (Fsp3) is 0.412. The highest BCUT2D eigenvalue weighted by Gasteiger charge is 2.09. The highest BCUT2D eigenvalue weighted by molar-refractivity contribution is 5.40. The molecule has 0 spiro atoms.